The van der Waals surface area contributed by atoms with E-state index in [9.17, 15) is 9.59 Å². The van der Waals surface area contributed by atoms with Crippen molar-refractivity contribution in [2.75, 3.05) is 39.8 Å². The van der Waals surface area contributed by atoms with E-state index in [1.807, 2.05) is 48.8 Å². The topological polar surface area (TPSA) is 74.2 Å². The van der Waals surface area contributed by atoms with Crippen molar-refractivity contribution in [1.29, 1.82) is 0 Å². The summed E-state index contributed by atoms with van der Waals surface area (Å²) in [6.45, 7) is 8.06. The fourth-order valence-corrected chi connectivity index (χ4v) is 3.17. The van der Waals surface area contributed by atoms with Crippen LogP contribution in [0.1, 0.15) is 26.3 Å². The van der Waals surface area contributed by atoms with Crippen molar-refractivity contribution in [2.45, 2.75) is 32.8 Å². The summed E-state index contributed by atoms with van der Waals surface area (Å²) in [5, 5.41) is 3.67. The number of ether oxygens (including phenoxy) is 1. The molecular weight excluding hydrogens is 380 g/mol. The molecule has 0 atom stereocenters. The summed E-state index contributed by atoms with van der Waals surface area (Å²) in [5.74, 6) is 0.385. The molecule has 0 unspecified atom stereocenters. The van der Waals surface area contributed by atoms with E-state index in [0.29, 0.717) is 43.6 Å². The van der Waals surface area contributed by atoms with Crippen LogP contribution in [0, 0.1) is 0 Å². The van der Waals surface area contributed by atoms with Gasteiger partial charge in [-0.05, 0) is 38.5 Å². The van der Waals surface area contributed by atoms with Crippen molar-refractivity contribution < 1.29 is 14.3 Å². The van der Waals surface area contributed by atoms with Gasteiger partial charge in [0.25, 0.3) is 0 Å². The summed E-state index contributed by atoms with van der Waals surface area (Å²) < 4.78 is 5.30. The number of nitrogens with zero attached hydrogens (tertiary/aromatic N) is 3. The lowest BCUT2D eigenvalue weighted by Crippen LogP contribution is -2.54. The van der Waals surface area contributed by atoms with Crippen LogP contribution in [-0.4, -0.2) is 73.0 Å². The lowest BCUT2D eigenvalue weighted by Gasteiger charge is -2.36. The standard InChI is InChI=1S/C20H29ClN4O3/c1-20(2,3)28-18(27)14-23-19(22-4)25-10-8-24(9-11-25)17(26)13-15-6-5-7-16(21)12-15/h5-7,12H,8-11,13-14H2,1-4H3,(H,22,23). The van der Waals surface area contributed by atoms with Crippen LogP contribution in [0.3, 0.4) is 0 Å². The molecule has 1 fully saturated rings. The average Bonchev–Trinajstić information content (AvgIpc) is 2.61. The molecule has 154 valence electrons. The zero-order valence-corrected chi connectivity index (χ0v) is 17.8. The van der Waals surface area contributed by atoms with Crippen molar-refractivity contribution in [3.63, 3.8) is 0 Å². The smallest absolute Gasteiger partial charge is 0.325 e. The maximum Gasteiger partial charge on any atom is 0.325 e. The summed E-state index contributed by atoms with van der Waals surface area (Å²) in [6, 6.07) is 7.37. The van der Waals surface area contributed by atoms with Crippen molar-refractivity contribution in [2.24, 2.45) is 4.99 Å². The molecule has 0 aromatic heterocycles. The van der Waals surface area contributed by atoms with Gasteiger partial charge in [-0.3, -0.25) is 14.6 Å². The molecular formula is C20H29ClN4O3. The highest BCUT2D eigenvalue weighted by molar-refractivity contribution is 6.30. The van der Waals surface area contributed by atoms with E-state index in [1.165, 1.54) is 0 Å². The molecule has 0 saturated carbocycles. The second-order valence-electron chi connectivity index (χ2n) is 7.66. The summed E-state index contributed by atoms with van der Waals surface area (Å²) in [5.41, 5.74) is 0.395. The van der Waals surface area contributed by atoms with Gasteiger partial charge < -0.3 is 19.9 Å². The largest absolute Gasteiger partial charge is 0.459 e. The van der Waals surface area contributed by atoms with Crippen molar-refractivity contribution >= 4 is 29.4 Å². The molecule has 1 saturated heterocycles. The van der Waals surface area contributed by atoms with Crippen molar-refractivity contribution in [3.05, 3.63) is 34.9 Å². The molecule has 1 heterocycles. The highest BCUT2D eigenvalue weighted by Gasteiger charge is 2.24. The zero-order chi connectivity index (χ0) is 20.7. The maximum absolute atomic E-state index is 12.5. The Hall–Kier alpha value is -2.28. The van der Waals surface area contributed by atoms with Gasteiger partial charge in [0.05, 0.1) is 6.42 Å². The number of hydrogen-bond acceptors (Lipinski definition) is 4. The van der Waals surface area contributed by atoms with Crippen LogP contribution in [-0.2, 0) is 20.7 Å². The Morgan fingerprint density at radius 1 is 1.18 bits per heavy atom. The molecule has 1 N–H and O–H groups in total. The van der Waals surface area contributed by atoms with E-state index >= 15 is 0 Å². The lowest BCUT2D eigenvalue weighted by atomic mass is 10.1. The normalized spacial score (nSPS) is 15.4. The molecule has 28 heavy (non-hydrogen) atoms. The van der Waals surface area contributed by atoms with E-state index in [0.717, 1.165) is 5.56 Å². The van der Waals surface area contributed by atoms with Gasteiger partial charge in [-0.15, -0.1) is 0 Å². The van der Waals surface area contributed by atoms with Crippen LogP contribution in [0.25, 0.3) is 0 Å². The average molecular weight is 409 g/mol. The third-order valence-corrected chi connectivity index (χ3v) is 4.43. The molecule has 0 aliphatic carbocycles. The van der Waals surface area contributed by atoms with Gasteiger partial charge >= 0.3 is 5.97 Å². The van der Waals surface area contributed by atoms with E-state index in [-0.39, 0.29) is 18.4 Å². The predicted molar refractivity (Wildman–Crippen MR) is 111 cm³/mol. The molecule has 1 aromatic carbocycles. The number of hydrogen-bond donors (Lipinski definition) is 1. The lowest BCUT2D eigenvalue weighted by molar-refractivity contribution is -0.153. The summed E-state index contributed by atoms with van der Waals surface area (Å²) >= 11 is 5.99. The molecule has 0 spiro atoms. The zero-order valence-electron chi connectivity index (χ0n) is 17.0. The van der Waals surface area contributed by atoms with Crippen LogP contribution in [0.15, 0.2) is 29.3 Å². The van der Waals surface area contributed by atoms with Crippen LogP contribution < -0.4 is 5.32 Å². The summed E-state index contributed by atoms with van der Waals surface area (Å²) in [6.07, 6.45) is 0.339. The highest BCUT2D eigenvalue weighted by atomic mass is 35.5. The Morgan fingerprint density at radius 3 is 2.39 bits per heavy atom. The number of aliphatic imine (C=N–C) groups is 1. The number of piperazine rings is 1. The third-order valence-electron chi connectivity index (χ3n) is 4.20. The Morgan fingerprint density at radius 2 is 1.82 bits per heavy atom. The molecule has 0 bridgehead atoms. The Balaban J connectivity index is 1.81. The van der Waals surface area contributed by atoms with Gasteiger partial charge in [0, 0.05) is 38.2 Å². The summed E-state index contributed by atoms with van der Waals surface area (Å²) in [4.78, 5) is 32.5. The molecule has 2 rings (SSSR count). The first-order valence-corrected chi connectivity index (χ1v) is 9.75. The number of carbonyl (C=O) groups excluding carboxylic acids is 2. The van der Waals surface area contributed by atoms with Gasteiger partial charge in [0.15, 0.2) is 5.96 Å². The molecule has 7 nitrogen and oxygen atoms in total. The van der Waals surface area contributed by atoms with E-state index < -0.39 is 5.60 Å². The first kappa shape index (κ1) is 22.0. The molecule has 1 aromatic rings. The minimum atomic E-state index is -0.517. The van der Waals surface area contributed by atoms with Crippen LogP contribution >= 0.6 is 11.6 Å². The van der Waals surface area contributed by atoms with Crippen LogP contribution in [0.5, 0.6) is 0 Å². The number of amides is 1. The quantitative estimate of drug-likeness (QED) is 0.468. The van der Waals surface area contributed by atoms with Gasteiger partial charge in [-0.2, -0.15) is 0 Å². The first-order valence-electron chi connectivity index (χ1n) is 9.37. The van der Waals surface area contributed by atoms with Gasteiger partial charge in [0.1, 0.15) is 12.1 Å². The predicted octanol–water partition coefficient (Wildman–Crippen LogP) is 1.94. The molecule has 1 aliphatic heterocycles. The van der Waals surface area contributed by atoms with Crippen LogP contribution in [0.4, 0.5) is 0 Å². The number of guanidine groups is 1. The monoisotopic (exact) mass is 408 g/mol. The highest BCUT2D eigenvalue weighted by Crippen LogP contribution is 2.13. The number of nitrogens with one attached hydrogen (secondary N) is 1. The molecule has 0 radical (unpaired) electrons. The Kier molecular flexibility index (Phi) is 7.69. The fourth-order valence-electron chi connectivity index (χ4n) is 2.96. The number of esters is 1. The minimum Gasteiger partial charge on any atom is -0.459 e. The minimum absolute atomic E-state index is 0.0534. The van der Waals surface area contributed by atoms with Gasteiger partial charge in [-0.25, -0.2) is 0 Å². The number of benzene rings is 1. The molecule has 8 heteroatoms. The second kappa shape index (κ2) is 9.78. The molecule has 1 amide bonds. The van der Waals surface area contributed by atoms with Crippen LogP contribution in [0.2, 0.25) is 5.02 Å². The van der Waals surface area contributed by atoms with E-state index in [2.05, 4.69) is 10.3 Å². The number of rotatable bonds is 4. The first-order chi connectivity index (χ1) is 13.2. The molecule has 1 aliphatic rings. The summed E-state index contributed by atoms with van der Waals surface area (Å²) in [7, 11) is 1.67. The fraction of sp³-hybridized carbons (Fsp3) is 0.550. The SMILES string of the molecule is CN=C(NCC(=O)OC(C)(C)C)N1CCN(C(=O)Cc2cccc(Cl)c2)CC1. The van der Waals surface area contributed by atoms with Gasteiger partial charge in [0.2, 0.25) is 5.91 Å². The Bertz CT molecular complexity index is 722. The third kappa shape index (κ3) is 7.03. The maximum atomic E-state index is 12.5. The van der Waals surface area contributed by atoms with E-state index in [1.54, 1.807) is 13.1 Å². The van der Waals surface area contributed by atoms with Crippen molar-refractivity contribution in [3.8, 4) is 0 Å². The Labute approximate surface area is 171 Å². The van der Waals surface area contributed by atoms with Gasteiger partial charge in [-0.1, -0.05) is 23.7 Å². The second-order valence-corrected chi connectivity index (χ2v) is 8.10. The van der Waals surface area contributed by atoms with Crippen molar-refractivity contribution in [1.82, 2.24) is 15.1 Å². The number of carbonyl (C=O) groups is 2. The number of halogens is 1. The van der Waals surface area contributed by atoms with E-state index in [4.69, 9.17) is 16.3 Å².